The lowest BCUT2D eigenvalue weighted by molar-refractivity contribution is -0.145. The number of aliphatic hydroxyl groups is 1. The van der Waals surface area contributed by atoms with Gasteiger partial charge < -0.3 is 25.0 Å². The van der Waals surface area contributed by atoms with Crippen LogP contribution in [0.15, 0.2) is 24.3 Å². The Morgan fingerprint density at radius 2 is 1.71 bits per heavy atom. The summed E-state index contributed by atoms with van der Waals surface area (Å²) in [7, 11) is 0. The first-order valence-corrected chi connectivity index (χ1v) is 6.50. The zero-order valence-electron chi connectivity index (χ0n) is 11.9. The number of aliphatic carboxylic acids is 1. The summed E-state index contributed by atoms with van der Waals surface area (Å²) in [5.41, 5.74) is 0. The molecule has 2 atom stereocenters. The number of rotatable bonds is 8. The van der Waals surface area contributed by atoms with Gasteiger partial charge in [-0.1, -0.05) is 0 Å². The van der Waals surface area contributed by atoms with Gasteiger partial charge in [0.05, 0.1) is 12.7 Å². The lowest BCUT2D eigenvalue weighted by Crippen LogP contribution is -2.49. The number of hydrogen-bond donors (Lipinski definition) is 3. The van der Waals surface area contributed by atoms with E-state index in [2.05, 4.69) is 5.32 Å². The van der Waals surface area contributed by atoms with E-state index >= 15 is 0 Å². The molecule has 0 saturated carbocycles. The zero-order chi connectivity index (χ0) is 15.8. The highest BCUT2D eigenvalue weighted by Crippen LogP contribution is 2.17. The third-order valence-corrected chi connectivity index (χ3v) is 2.57. The van der Waals surface area contributed by atoms with E-state index in [1.165, 1.54) is 6.92 Å². The molecule has 0 aromatic heterocycles. The third kappa shape index (κ3) is 5.70. The SMILES string of the molecule is CCOc1ccc(OCC(=O)N[C@H](C(=O)O)[C@@H](C)O)cc1. The number of carbonyl (C=O) groups is 2. The summed E-state index contributed by atoms with van der Waals surface area (Å²) in [6.07, 6.45) is -1.20. The number of aliphatic hydroxyl groups excluding tert-OH is 1. The molecule has 0 aliphatic carbocycles. The summed E-state index contributed by atoms with van der Waals surface area (Å²) in [6.45, 7) is 3.37. The molecule has 1 aromatic rings. The van der Waals surface area contributed by atoms with Crippen molar-refractivity contribution < 1.29 is 29.3 Å². The zero-order valence-corrected chi connectivity index (χ0v) is 11.9. The summed E-state index contributed by atoms with van der Waals surface area (Å²) >= 11 is 0. The van der Waals surface area contributed by atoms with Gasteiger partial charge in [0.1, 0.15) is 11.5 Å². The van der Waals surface area contributed by atoms with Crippen LogP contribution in [0.2, 0.25) is 0 Å². The normalized spacial score (nSPS) is 13.1. The van der Waals surface area contributed by atoms with Gasteiger partial charge in [-0.25, -0.2) is 4.79 Å². The number of ether oxygens (including phenoxy) is 2. The van der Waals surface area contributed by atoms with Crippen LogP contribution in [-0.2, 0) is 9.59 Å². The minimum atomic E-state index is -1.36. The fraction of sp³-hybridized carbons (Fsp3) is 0.429. The number of amides is 1. The molecule has 0 aliphatic heterocycles. The van der Waals surface area contributed by atoms with Crippen LogP contribution in [0, 0.1) is 0 Å². The van der Waals surface area contributed by atoms with Gasteiger partial charge >= 0.3 is 5.97 Å². The minimum absolute atomic E-state index is 0.343. The standard InChI is InChI=1S/C14H19NO6/c1-3-20-10-4-6-11(7-5-10)21-8-12(17)15-13(9(2)16)14(18)19/h4-7,9,13,16H,3,8H2,1-2H3,(H,15,17)(H,18,19)/t9-,13+/m1/s1. The van der Waals surface area contributed by atoms with E-state index in [1.54, 1.807) is 24.3 Å². The lowest BCUT2D eigenvalue weighted by atomic mass is 10.2. The Morgan fingerprint density at radius 1 is 1.19 bits per heavy atom. The molecule has 1 amide bonds. The topological polar surface area (TPSA) is 105 Å². The fourth-order valence-corrected chi connectivity index (χ4v) is 1.55. The van der Waals surface area contributed by atoms with E-state index in [0.717, 1.165) is 0 Å². The molecular formula is C14H19NO6. The van der Waals surface area contributed by atoms with Crippen molar-refractivity contribution in [2.45, 2.75) is 26.0 Å². The van der Waals surface area contributed by atoms with E-state index in [1.807, 2.05) is 6.92 Å². The number of carbonyl (C=O) groups excluding carboxylic acids is 1. The van der Waals surface area contributed by atoms with E-state index in [-0.39, 0.29) is 6.61 Å². The number of nitrogens with one attached hydrogen (secondary N) is 1. The fourth-order valence-electron chi connectivity index (χ4n) is 1.55. The first-order chi connectivity index (χ1) is 9.93. The summed E-state index contributed by atoms with van der Waals surface area (Å²) in [5.74, 6) is -0.788. The Hall–Kier alpha value is -2.28. The maximum atomic E-state index is 11.6. The highest BCUT2D eigenvalue weighted by molar-refractivity contribution is 5.84. The number of carboxylic acid groups (broad SMARTS) is 1. The van der Waals surface area contributed by atoms with Crippen LogP contribution in [0.1, 0.15) is 13.8 Å². The van der Waals surface area contributed by atoms with Crippen molar-refractivity contribution in [1.82, 2.24) is 5.32 Å². The molecular weight excluding hydrogens is 278 g/mol. The monoisotopic (exact) mass is 297 g/mol. The summed E-state index contributed by atoms with van der Waals surface area (Å²) in [6, 6.07) is 5.32. The van der Waals surface area contributed by atoms with Crippen molar-refractivity contribution in [3.63, 3.8) is 0 Å². The largest absolute Gasteiger partial charge is 0.494 e. The average molecular weight is 297 g/mol. The molecule has 0 saturated heterocycles. The van der Waals surface area contributed by atoms with Crippen LogP contribution in [0.3, 0.4) is 0 Å². The molecule has 0 radical (unpaired) electrons. The molecule has 0 heterocycles. The highest BCUT2D eigenvalue weighted by Gasteiger charge is 2.24. The van der Waals surface area contributed by atoms with Crippen molar-refractivity contribution in [2.24, 2.45) is 0 Å². The second kappa shape index (κ2) is 8.11. The molecule has 7 nitrogen and oxygen atoms in total. The van der Waals surface area contributed by atoms with Gasteiger partial charge in [0.25, 0.3) is 5.91 Å². The van der Waals surface area contributed by atoms with Crippen LogP contribution in [0.5, 0.6) is 11.5 Å². The number of carboxylic acids is 1. The maximum Gasteiger partial charge on any atom is 0.328 e. The van der Waals surface area contributed by atoms with E-state index < -0.39 is 24.0 Å². The van der Waals surface area contributed by atoms with Crippen LogP contribution < -0.4 is 14.8 Å². The summed E-state index contributed by atoms with van der Waals surface area (Å²) in [5, 5.41) is 20.3. The van der Waals surface area contributed by atoms with Crippen LogP contribution in [0.4, 0.5) is 0 Å². The van der Waals surface area contributed by atoms with Gasteiger partial charge in [-0.2, -0.15) is 0 Å². The lowest BCUT2D eigenvalue weighted by Gasteiger charge is -2.17. The molecule has 0 unspecified atom stereocenters. The first-order valence-electron chi connectivity index (χ1n) is 6.50. The molecule has 0 bridgehead atoms. The van der Waals surface area contributed by atoms with Crippen LogP contribution in [-0.4, -0.2) is 47.4 Å². The third-order valence-electron chi connectivity index (χ3n) is 2.57. The average Bonchev–Trinajstić information content (AvgIpc) is 2.43. The van der Waals surface area contributed by atoms with Crippen molar-refractivity contribution in [2.75, 3.05) is 13.2 Å². The Bertz CT molecular complexity index is 471. The molecule has 21 heavy (non-hydrogen) atoms. The molecule has 1 aromatic carbocycles. The van der Waals surface area contributed by atoms with E-state index in [9.17, 15) is 14.7 Å². The van der Waals surface area contributed by atoms with E-state index in [4.69, 9.17) is 14.6 Å². The van der Waals surface area contributed by atoms with E-state index in [0.29, 0.717) is 18.1 Å². The van der Waals surface area contributed by atoms with Crippen molar-refractivity contribution >= 4 is 11.9 Å². The van der Waals surface area contributed by atoms with Crippen molar-refractivity contribution in [3.05, 3.63) is 24.3 Å². The molecule has 0 aliphatic rings. The van der Waals surface area contributed by atoms with Gasteiger partial charge in [-0.15, -0.1) is 0 Å². The van der Waals surface area contributed by atoms with Gasteiger partial charge in [0.2, 0.25) is 0 Å². The predicted octanol–water partition coefficient (Wildman–Crippen LogP) is 0.414. The molecule has 0 fully saturated rings. The number of benzene rings is 1. The summed E-state index contributed by atoms with van der Waals surface area (Å²) in [4.78, 5) is 22.4. The molecule has 116 valence electrons. The first kappa shape index (κ1) is 16.8. The second-order valence-electron chi connectivity index (χ2n) is 4.32. The second-order valence-corrected chi connectivity index (χ2v) is 4.32. The maximum absolute atomic E-state index is 11.6. The Kier molecular flexibility index (Phi) is 6.48. The van der Waals surface area contributed by atoms with Gasteiger partial charge in [0.15, 0.2) is 12.6 Å². The Balaban J connectivity index is 2.47. The van der Waals surface area contributed by atoms with Gasteiger partial charge in [0, 0.05) is 0 Å². The smallest absolute Gasteiger partial charge is 0.328 e. The Labute approximate surface area is 122 Å². The highest BCUT2D eigenvalue weighted by atomic mass is 16.5. The molecule has 0 spiro atoms. The van der Waals surface area contributed by atoms with Gasteiger partial charge in [-0.05, 0) is 38.1 Å². The Morgan fingerprint density at radius 3 is 2.14 bits per heavy atom. The van der Waals surface area contributed by atoms with Crippen LogP contribution >= 0.6 is 0 Å². The van der Waals surface area contributed by atoms with Gasteiger partial charge in [-0.3, -0.25) is 4.79 Å². The minimum Gasteiger partial charge on any atom is -0.494 e. The summed E-state index contributed by atoms with van der Waals surface area (Å²) < 4.78 is 10.5. The molecule has 7 heteroatoms. The van der Waals surface area contributed by atoms with Crippen LogP contribution in [0.25, 0.3) is 0 Å². The molecule has 1 rings (SSSR count). The number of hydrogen-bond acceptors (Lipinski definition) is 5. The van der Waals surface area contributed by atoms with Crippen molar-refractivity contribution in [3.8, 4) is 11.5 Å². The van der Waals surface area contributed by atoms with Crippen molar-refractivity contribution in [1.29, 1.82) is 0 Å². The molecule has 3 N–H and O–H groups in total. The predicted molar refractivity (Wildman–Crippen MR) is 74.4 cm³/mol. The quantitative estimate of drug-likeness (QED) is 0.642.